The first kappa shape index (κ1) is 17.9. The van der Waals surface area contributed by atoms with Crippen LogP contribution in [0, 0.1) is 5.82 Å². The van der Waals surface area contributed by atoms with Crippen molar-refractivity contribution in [1.82, 2.24) is 5.32 Å². The lowest BCUT2D eigenvalue weighted by Crippen LogP contribution is -3.12. The standard InChI is InChI=1S/C22H21FN2OS/c23-19-9-4-3-8-18(19)22(26)24-14-20(21-10-5-13-27-21)25-12-11-16-6-1-2-7-17(16)15-25/h1-10,13,20H,11-12,14-15H2,(H,24,26)/p+1/t20-/m0/s1. The molecule has 1 unspecified atom stereocenters. The molecular formula is C22H22FN2OS+. The van der Waals surface area contributed by atoms with Crippen LogP contribution in [0.25, 0.3) is 0 Å². The zero-order chi connectivity index (χ0) is 18.6. The Morgan fingerprint density at radius 2 is 1.85 bits per heavy atom. The quantitative estimate of drug-likeness (QED) is 0.700. The van der Waals surface area contributed by atoms with Crippen LogP contribution in [-0.2, 0) is 13.0 Å². The molecule has 0 saturated heterocycles. The molecule has 0 radical (unpaired) electrons. The average molecular weight is 381 g/mol. The number of fused-ring (bicyclic) bond motifs is 1. The number of carbonyl (C=O) groups is 1. The van der Waals surface area contributed by atoms with E-state index >= 15 is 0 Å². The molecule has 2 aromatic carbocycles. The fraction of sp³-hybridized carbons (Fsp3) is 0.227. The van der Waals surface area contributed by atoms with Gasteiger partial charge in [0.2, 0.25) is 0 Å². The molecule has 3 aromatic rings. The van der Waals surface area contributed by atoms with E-state index < -0.39 is 5.82 Å². The molecule has 1 amide bonds. The second-order valence-electron chi connectivity index (χ2n) is 6.86. The summed E-state index contributed by atoms with van der Waals surface area (Å²) in [7, 11) is 0. The molecule has 1 aliphatic heterocycles. The van der Waals surface area contributed by atoms with Crippen LogP contribution in [0.5, 0.6) is 0 Å². The van der Waals surface area contributed by atoms with E-state index in [1.54, 1.807) is 23.5 Å². The molecular weight excluding hydrogens is 359 g/mol. The van der Waals surface area contributed by atoms with Crippen molar-refractivity contribution in [2.45, 2.75) is 19.0 Å². The number of carbonyl (C=O) groups excluding carboxylic acids is 1. The summed E-state index contributed by atoms with van der Waals surface area (Å²) in [5, 5.41) is 5.02. The zero-order valence-electron chi connectivity index (χ0n) is 15.0. The lowest BCUT2D eigenvalue weighted by atomic mass is 9.98. The molecule has 2 heterocycles. The largest absolute Gasteiger partial charge is 0.346 e. The van der Waals surface area contributed by atoms with Crippen LogP contribution in [-0.4, -0.2) is 19.0 Å². The van der Waals surface area contributed by atoms with E-state index in [9.17, 15) is 9.18 Å². The van der Waals surface area contributed by atoms with Crippen LogP contribution in [0.4, 0.5) is 4.39 Å². The Hall–Kier alpha value is -2.50. The smallest absolute Gasteiger partial charge is 0.254 e. The summed E-state index contributed by atoms with van der Waals surface area (Å²) < 4.78 is 13.9. The molecule has 0 aliphatic carbocycles. The molecule has 27 heavy (non-hydrogen) atoms. The minimum absolute atomic E-state index is 0.0985. The van der Waals surface area contributed by atoms with Crippen molar-refractivity contribution in [2.24, 2.45) is 0 Å². The van der Waals surface area contributed by atoms with Gasteiger partial charge < -0.3 is 10.2 Å². The molecule has 2 atom stereocenters. The molecule has 1 aromatic heterocycles. The van der Waals surface area contributed by atoms with E-state index in [1.807, 2.05) is 6.07 Å². The average Bonchev–Trinajstić information content (AvgIpc) is 3.23. The van der Waals surface area contributed by atoms with E-state index in [1.165, 1.54) is 33.0 Å². The van der Waals surface area contributed by atoms with Gasteiger partial charge in [0.15, 0.2) is 0 Å². The SMILES string of the molecule is O=C(NC[C@@H](c1cccs1)[NH+]1CCc2ccccc2C1)c1ccccc1F. The number of benzene rings is 2. The maximum atomic E-state index is 13.9. The summed E-state index contributed by atoms with van der Waals surface area (Å²) in [6.45, 7) is 2.45. The second kappa shape index (κ2) is 8.03. The first-order chi connectivity index (χ1) is 13.2. The van der Waals surface area contributed by atoms with Crippen molar-refractivity contribution in [3.63, 3.8) is 0 Å². The predicted octanol–water partition coefficient (Wildman–Crippen LogP) is 3.00. The molecule has 1 aliphatic rings. The van der Waals surface area contributed by atoms with Crippen LogP contribution in [0.1, 0.15) is 32.4 Å². The van der Waals surface area contributed by atoms with Gasteiger partial charge in [0.05, 0.1) is 23.5 Å². The number of nitrogens with one attached hydrogen (secondary N) is 2. The van der Waals surface area contributed by atoms with Crippen LogP contribution in [0.2, 0.25) is 0 Å². The first-order valence-electron chi connectivity index (χ1n) is 9.20. The minimum atomic E-state index is -0.484. The van der Waals surface area contributed by atoms with Gasteiger partial charge in [0.25, 0.3) is 5.91 Å². The van der Waals surface area contributed by atoms with Crippen LogP contribution in [0.15, 0.2) is 66.0 Å². The monoisotopic (exact) mass is 381 g/mol. The van der Waals surface area contributed by atoms with Gasteiger partial charge in [0.1, 0.15) is 18.4 Å². The minimum Gasteiger partial charge on any atom is -0.346 e. The highest BCUT2D eigenvalue weighted by Gasteiger charge is 2.29. The van der Waals surface area contributed by atoms with E-state index in [-0.39, 0.29) is 17.5 Å². The maximum Gasteiger partial charge on any atom is 0.254 e. The van der Waals surface area contributed by atoms with E-state index in [0.29, 0.717) is 6.54 Å². The van der Waals surface area contributed by atoms with Crippen molar-refractivity contribution < 1.29 is 14.1 Å². The maximum absolute atomic E-state index is 13.9. The third-order valence-electron chi connectivity index (χ3n) is 5.22. The number of thiophene rings is 1. The molecule has 4 rings (SSSR count). The van der Waals surface area contributed by atoms with Crippen LogP contribution >= 0.6 is 11.3 Å². The number of amides is 1. The van der Waals surface area contributed by atoms with Gasteiger partial charge >= 0.3 is 0 Å². The first-order valence-corrected chi connectivity index (χ1v) is 10.1. The Morgan fingerprint density at radius 1 is 1.07 bits per heavy atom. The van der Waals surface area contributed by atoms with Gasteiger partial charge in [-0.3, -0.25) is 4.79 Å². The van der Waals surface area contributed by atoms with Crippen LogP contribution in [0.3, 0.4) is 0 Å². The van der Waals surface area contributed by atoms with Gasteiger partial charge in [0, 0.05) is 12.0 Å². The lowest BCUT2D eigenvalue weighted by molar-refractivity contribution is -0.945. The Kier molecular flexibility index (Phi) is 5.32. The summed E-state index contributed by atoms with van der Waals surface area (Å²) in [6.07, 6.45) is 1.04. The normalized spacial score (nSPS) is 17.1. The predicted molar refractivity (Wildman–Crippen MR) is 105 cm³/mol. The Morgan fingerprint density at radius 3 is 2.63 bits per heavy atom. The van der Waals surface area contributed by atoms with Gasteiger partial charge in [-0.25, -0.2) is 4.39 Å². The Balaban J connectivity index is 1.51. The lowest BCUT2D eigenvalue weighted by Gasteiger charge is -2.32. The fourth-order valence-electron chi connectivity index (χ4n) is 3.77. The summed E-state index contributed by atoms with van der Waals surface area (Å²) in [4.78, 5) is 15.1. The van der Waals surface area contributed by atoms with Gasteiger partial charge in [-0.2, -0.15) is 0 Å². The molecule has 0 bridgehead atoms. The molecule has 3 nitrogen and oxygen atoms in total. The van der Waals surface area contributed by atoms with E-state index in [0.717, 1.165) is 19.5 Å². The van der Waals surface area contributed by atoms with Crippen molar-refractivity contribution in [3.8, 4) is 0 Å². The Labute approximate surface area is 162 Å². The topological polar surface area (TPSA) is 33.5 Å². The van der Waals surface area contributed by atoms with Crippen LogP contribution < -0.4 is 10.2 Å². The number of halogens is 1. The molecule has 2 N–H and O–H groups in total. The number of rotatable bonds is 5. The number of hydrogen-bond acceptors (Lipinski definition) is 2. The highest BCUT2D eigenvalue weighted by molar-refractivity contribution is 7.10. The summed E-state index contributed by atoms with van der Waals surface area (Å²) in [5.41, 5.74) is 2.89. The highest BCUT2D eigenvalue weighted by atomic mass is 32.1. The number of hydrogen-bond donors (Lipinski definition) is 2. The molecule has 138 valence electrons. The van der Waals surface area contributed by atoms with Crippen molar-refractivity contribution >= 4 is 17.2 Å². The molecule has 0 spiro atoms. The zero-order valence-corrected chi connectivity index (χ0v) is 15.8. The van der Waals surface area contributed by atoms with Gasteiger partial charge in [-0.1, -0.05) is 42.5 Å². The molecule has 0 fully saturated rings. The van der Waals surface area contributed by atoms with Gasteiger partial charge in [-0.05, 0) is 29.1 Å². The Bertz CT molecular complexity index is 926. The third kappa shape index (κ3) is 3.94. The number of quaternary nitrogens is 1. The van der Waals surface area contributed by atoms with E-state index in [2.05, 4.69) is 41.0 Å². The third-order valence-corrected chi connectivity index (χ3v) is 6.20. The summed E-state index contributed by atoms with van der Waals surface area (Å²) in [5.74, 6) is -0.839. The molecule has 0 saturated carbocycles. The van der Waals surface area contributed by atoms with E-state index in [4.69, 9.17) is 0 Å². The highest BCUT2D eigenvalue weighted by Crippen LogP contribution is 2.19. The fourth-order valence-corrected chi connectivity index (χ4v) is 4.66. The van der Waals surface area contributed by atoms with Crippen molar-refractivity contribution in [3.05, 3.63) is 93.4 Å². The van der Waals surface area contributed by atoms with Crippen molar-refractivity contribution in [2.75, 3.05) is 13.1 Å². The van der Waals surface area contributed by atoms with Gasteiger partial charge in [-0.15, -0.1) is 11.3 Å². The molecule has 5 heteroatoms. The van der Waals surface area contributed by atoms with Crippen molar-refractivity contribution in [1.29, 1.82) is 0 Å². The summed E-state index contributed by atoms with van der Waals surface area (Å²) in [6, 6.07) is 19.0. The summed E-state index contributed by atoms with van der Waals surface area (Å²) >= 11 is 1.71. The second-order valence-corrected chi connectivity index (χ2v) is 7.84.